The van der Waals surface area contributed by atoms with E-state index >= 15 is 0 Å². The molecule has 0 aliphatic heterocycles. The molecule has 0 N–H and O–H groups in total. The molecule has 0 saturated carbocycles. The van der Waals surface area contributed by atoms with Gasteiger partial charge in [0.25, 0.3) is 0 Å². The number of nitrogens with zero attached hydrogens (tertiary/aromatic N) is 2. The zero-order valence-corrected chi connectivity index (χ0v) is 43.1. The fraction of sp³-hybridized carbons (Fsp3) is 0.0811. The Morgan fingerprint density at radius 2 is 0.592 bits per heavy atom. The average Bonchev–Trinajstić information content (AvgIpc) is 4.25. The summed E-state index contributed by atoms with van der Waals surface area (Å²) in [5.74, 6) is 0. The molecule has 0 unspecified atom stereocenters. The zero-order chi connectivity index (χ0) is 50.9. The fourth-order valence-corrected chi connectivity index (χ4v) is 13.1. The Balaban J connectivity index is 0.688. The monoisotopic (exact) mass is 970 g/mol. The van der Waals surface area contributed by atoms with Crippen LogP contribution in [0.3, 0.4) is 0 Å². The molecule has 2 aromatic heterocycles. The van der Waals surface area contributed by atoms with Crippen LogP contribution >= 0.6 is 0 Å². The van der Waals surface area contributed by atoms with Gasteiger partial charge in [-0.3, -0.25) is 0 Å². The van der Waals surface area contributed by atoms with Gasteiger partial charge in [0.15, 0.2) is 0 Å². The molecule has 2 heterocycles. The van der Waals surface area contributed by atoms with Crippen LogP contribution in [0.4, 0.5) is 0 Å². The third-order valence-electron chi connectivity index (χ3n) is 17.1. The highest BCUT2D eigenvalue weighted by atomic mass is 15.0. The maximum atomic E-state index is 2.47. The molecule has 11 aromatic carbocycles. The van der Waals surface area contributed by atoms with Crippen molar-refractivity contribution < 1.29 is 0 Å². The molecule has 0 saturated heterocycles. The minimum Gasteiger partial charge on any atom is -0.309 e. The Bertz CT molecular complexity index is 4540. The van der Waals surface area contributed by atoms with Gasteiger partial charge in [-0.1, -0.05) is 198 Å². The van der Waals surface area contributed by atoms with Crippen LogP contribution in [-0.4, -0.2) is 9.13 Å². The lowest BCUT2D eigenvalue weighted by Gasteiger charge is -2.24. The number of aromatic nitrogens is 2. The predicted molar refractivity (Wildman–Crippen MR) is 322 cm³/mol. The molecule has 0 radical (unpaired) electrons. The third-order valence-corrected chi connectivity index (χ3v) is 17.1. The summed E-state index contributed by atoms with van der Waals surface area (Å²) in [5.41, 5.74) is 27.7. The predicted octanol–water partition coefficient (Wildman–Crippen LogP) is 19.7. The third kappa shape index (κ3) is 6.73. The molecule has 76 heavy (non-hydrogen) atoms. The van der Waals surface area contributed by atoms with Gasteiger partial charge in [0, 0.05) is 43.7 Å². The SMILES string of the molecule is CC1(C)c2cc(-c3ccc(C=Cc4ccc5c(c4)c4ccccc4n5-c4ccccc4)cc3)ccc2-c2ccc(-c3ccc4c(c3)C(C)(C)c3cc(-c5ccc6c(c5)c5ccccc5n6-c5ccccc5)ccc3-4)cc21. The molecule has 0 amide bonds. The number of hydrogen-bond acceptors (Lipinski definition) is 0. The van der Waals surface area contributed by atoms with E-state index in [1.807, 2.05) is 0 Å². The molecule has 0 atom stereocenters. The highest BCUT2D eigenvalue weighted by Crippen LogP contribution is 2.53. The first-order valence-electron chi connectivity index (χ1n) is 26.7. The molecular formula is C74H54N2. The van der Waals surface area contributed by atoms with E-state index < -0.39 is 0 Å². The maximum Gasteiger partial charge on any atom is 0.0541 e. The van der Waals surface area contributed by atoms with Crippen molar-refractivity contribution in [3.05, 3.63) is 276 Å². The van der Waals surface area contributed by atoms with Crippen molar-refractivity contribution in [1.82, 2.24) is 9.13 Å². The highest BCUT2D eigenvalue weighted by Gasteiger charge is 2.38. The first kappa shape index (κ1) is 44.3. The second-order valence-electron chi connectivity index (χ2n) is 22.1. The second-order valence-corrected chi connectivity index (χ2v) is 22.1. The molecule has 2 nitrogen and oxygen atoms in total. The molecule has 0 bridgehead atoms. The Hall–Kier alpha value is -9.24. The Kier molecular flexibility index (Phi) is 9.69. The molecule has 2 aliphatic rings. The van der Waals surface area contributed by atoms with Gasteiger partial charge in [0.05, 0.1) is 22.1 Å². The Labute approximate surface area is 444 Å². The fourth-order valence-electron chi connectivity index (χ4n) is 13.1. The van der Waals surface area contributed by atoms with Crippen LogP contribution in [-0.2, 0) is 10.8 Å². The van der Waals surface area contributed by atoms with Crippen molar-refractivity contribution in [2.45, 2.75) is 38.5 Å². The van der Waals surface area contributed by atoms with Gasteiger partial charge in [-0.15, -0.1) is 0 Å². The number of benzene rings is 11. The van der Waals surface area contributed by atoms with E-state index in [0.717, 1.165) is 0 Å². The van der Waals surface area contributed by atoms with Crippen LogP contribution < -0.4 is 0 Å². The van der Waals surface area contributed by atoms with E-state index in [9.17, 15) is 0 Å². The molecule has 0 spiro atoms. The second kappa shape index (κ2) is 16.6. The lowest BCUT2D eigenvalue weighted by molar-refractivity contribution is 0.660. The Morgan fingerprint density at radius 3 is 1.07 bits per heavy atom. The summed E-state index contributed by atoms with van der Waals surface area (Å²) < 4.78 is 4.76. The number of fused-ring (bicyclic) bond motifs is 12. The first-order chi connectivity index (χ1) is 37.2. The van der Waals surface area contributed by atoms with Crippen LogP contribution in [0, 0.1) is 0 Å². The smallest absolute Gasteiger partial charge is 0.0541 e. The van der Waals surface area contributed by atoms with Crippen LogP contribution in [0.25, 0.3) is 123 Å². The standard InChI is InChI=1S/C74H54N2/c1-73(2)65-43-51(49-28-25-47(26-29-49)23-24-48-27-39-71-63(41-48)61-19-11-13-21-69(61)75(71)55-15-7-5-8-16-55)30-35-57(65)59-37-32-53(45-67(59)73)54-33-38-60-58-36-31-52(44-66(58)74(3,4)68(60)46-54)50-34-40-72-64(42-50)62-20-12-14-22-70(62)76(72)56-17-9-6-10-18-56/h5-46H,1-4H3. The van der Waals surface area contributed by atoms with Gasteiger partial charge in [-0.25, -0.2) is 0 Å². The van der Waals surface area contributed by atoms with Crippen LogP contribution in [0.2, 0.25) is 0 Å². The van der Waals surface area contributed by atoms with E-state index in [1.165, 1.54) is 144 Å². The van der Waals surface area contributed by atoms with Crippen LogP contribution in [0.5, 0.6) is 0 Å². The minimum atomic E-state index is -0.164. The lowest BCUT2D eigenvalue weighted by Crippen LogP contribution is -2.15. The highest BCUT2D eigenvalue weighted by molar-refractivity contribution is 6.11. The van der Waals surface area contributed by atoms with E-state index in [1.54, 1.807) is 0 Å². The van der Waals surface area contributed by atoms with Gasteiger partial charge < -0.3 is 9.13 Å². The normalized spacial score (nSPS) is 13.9. The van der Waals surface area contributed by atoms with Gasteiger partial charge >= 0.3 is 0 Å². The number of rotatable bonds is 7. The van der Waals surface area contributed by atoms with Gasteiger partial charge in [0.2, 0.25) is 0 Å². The largest absolute Gasteiger partial charge is 0.309 e. The topological polar surface area (TPSA) is 9.86 Å². The van der Waals surface area contributed by atoms with E-state index in [-0.39, 0.29) is 10.8 Å². The quantitative estimate of drug-likeness (QED) is 0.141. The lowest BCUT2D eigenvalue weighted by atomic mass is 9.79. The molecular weight excluding hydrogens is 917 g/mol. The zero-order valence-electron chi connectivity index (χ0n) is 43.1. The van der Waals surface area contributed by atoms with Crippen LogP contribution in [0.1, 0.15) is 61.1 Å². The number of hydrogen-bond donors (Lipinski definition) is 0. The van der Waals surface area contributed by atoms with Gasteiger partial charge in [0.1, 0.15) is 0 Å². The number of para-hydroxylation sites is 4. The summed E-state index contributed by atoms with van der Waals surface area (Å²) in [6.45, 7) is 9.60. The van der Waals surface area contributed by atoms with E-state index in [0.29, 0.717) is 0 Å². The average molecular weight is 971 g/mol. The van der Waals surface area contributed by atoms with Crippen molar-refractivity contribution in [2.75, 3.05) is 0 Å². The minimum absolute atomic E-state index is 0.157. The van der Waals surface area contributed by atoms with Crippen molar-refractivity contribution in [2.24, 2.45) is 0 Å². The van der Waals surface area contributed by atoms with Crippen molar-refractivity contribution in [3.8, 4) is 67.0 Å². The van der Waals surface area contributed by atoms with Crippen LogP contribution in [0.15, 0.2) is 243 Å². The molecule has 13 aromatic rings. The molecule has 0 fully saturated rings. The van der Waals surface area contributed by atoms with Gasteiger partial charge in [-0.05, 0) is 174 Å². The summed E-state index contributed by atoms with van der Waals surface area (Å²) in [5, 5.41) is 5.07. The van der Waals surface area contributed by atoms with E-state index in [4.69, 9.17) is 0 Å². The maximum absolute atomic E-state index is 2.47. The molecule has 360 valence electrons. The Morgan fingerprint density at radius 1 is 0.263 bits per heavy atom. The van der Waals surface area contributed by atoms with Crippen molar-refractivity contribution >= 4 is 55.8 Å². The van der Waals surface area contributed by atoms with Gasteiger partial charge in [-0.2, -0.15) is 0 Å². The van der Waals surface area contributed by atoms with Crippen molar-refractivity contribution in [1.29, 1.82) is 0 Å². The molecule has 2 aliphatic carbocycles. The summed E-state index contributed by atoms with van der Waals surface area (Å²) >= 11 is 0. The van der Waals surface area contributed by atoms with Crippen molar-refractivity contribution in [3.63, 3.8) is 0 Å². The molecule has 15 rings (SSSR count). The first-order valence-corrected chi connectivity index (χ1v) is 26.7. The summed E-state index contributed by atoms with van der Waals surface area (Å²) in [7, 11) is 0. The summed E-state index contributed by atoms with van der Waals surface area (Å²) in [4.78, 5) is 0. The summed E-state index contributed by atoms with van der Waals surface area (Å²) in [6, 6.07) is 90.3. The van der Waals surface area contributed by atoms with E-state index in [2.05, 4.69) is 292 Å². The molecule has 2 heteroatoms. The summed E-state index contributed by atoms with van der Waals surface area (Å²) in [6.07, 6.45) is 4.46.